The van der Waals surface area contributed by atoms with Crippen LogP contribution in [0.2, 0.25) is 0 Å². The van der Waals surface area contributed by atoms with Crippen molar-refractivity contribution in [3.63, 3.8) is 0 Å². The van der Waals surface area contributed by atoms with Crippen LogP contribution in [0.5, 0.6) is 0 Å². The smallest absolute Gasteiger partial charge is 0.263 e. The van der Waals surface area contributed by atoms with Crippen LogP contribution in [0.15, 0.2) is 47.8 Å². The summed E-state index contributed by atoms with van der Waals surface area (Å²) in [6.45, 7) is 0.894. The zero-order chi connectivity index (χ0) is 16.3. The fourth-order valence-corrected chi connectivity index (χ4v) is 3.50. The molecule has 2 aromatic rings. The molecular weight excluding hydrogens is 312 g/mol. The zero-order valence-electron chi connectivity index (χ0n) is 12.7. The number of nitrogens with one attached hydrogen (secondary N) is 1. The van der Waals surface area contributed by atoms with Crippen molar-refractivity contribution in [1.29, 1.82) is 0 Å². The molecule has 2 heterocycles. The van der Waals surface area contributed by atoms with Crippen LogP contribution in [0.1, 0.15) is 11.3 Å². The van der Waals surface area contributed by atoms with Crippen molar-refractivity contribution < 1.29 is 15.0 Å². The molecule has 3 rings (SSSR count). The first-order chi connectivity index (χ1) is 11.1. The summed E-state index contributed by atoms with van der Waals surface area (Å²) in [4.78, 5) is 15.3. The van der Waals surface area contributed by atoms with Crippen molar-refractivity contribution in [1.82, 2.24) is 5.32 Å². The lowest BCUT2D eigenvalue weighted by Crippen LogP contribution is -2.56. The summed E-state index contributed by atoms with van der Waals surface area (Å²) in [5.41, 5.74) is -1.04. The average molecular weight is 332 g/mol. The van der Waals surface area contributed by atoms with Gasteiger partial charge in [-0.2, -0.15) is 0 Å². The molecule has 0 saturated carbocycles. The number of aliphatic hydroxyl groups excluding tert-OH is 1. The molecular formula is C17H20N2O3S. The van der Waals surface area contributed by atoms with Gasteiger partial charge >= 0.3 is 0 Å². The molecule has 1 aromatic carbocycles. The van der Waals surface area contributed by atoms with Gasteiger partial charge in [-0.1, -0.05) is 24.3 Å². The van der Waals surface area contributed by atoms with Crippen LogP contribution in [-0.2, 0) is 11.2 Å². The maximum Gasteiger partial charge on any atom is 0.263 e. The van der Waals surface area contributed by atoms with Gasteiger partial charge in [0, 0.05) is 30.1 Å². The molecule has 0 radical (unpaired) electrons. The first-order valence-electron chi connectivity index (χ1n) is 7.64. The van der Waals surface area contributed by atoms with Gasteiger partial charge in [0.2, 0.25) is 0 Å². The molecule has 1 aliphatic heterocycles. The molecule has 0 bridgehead atoms. The molecule has 1 saturated heterocycles. The van der Waals surface area contributed by atoms with E-state index in [1.165, 1.54) is 9.78 Å². The molecule has 1 amide bonds. The number of para-hydroxylation sites is 1. The van der Waals surface area contributed by atoms with E-state index in [0.29, 0.717) is 13.1 Å². The third-order valence-electron chi connectivity index (χ3n) is 4.14. The van der Waals surface area contributed by atoms with Gasteiger partial charge in [-0.05, 0) is 30.0 Å². The number of aliphatic hydroxyl groups is 2. The van der Waals surface area contributed by atoms with Crippen LogP contribution in [0, 0.1) is 0 Å². The fraction of sp³-hybridized carbons (Fsp3) is 0.353. The molecule has 2 unspecified atom stereocenters. The number of carbonyl (C=O) groups is 1. The van der Waals surface area contributed by atoms with Crippen LogP contribution in [0.3, 0.4) is 0 Å². The van der Waals surface area contributed by atoms with E-state index in [2.05, 4.69) is 5.32 Å². The predicted molar refractivity (Wildman–Crippen MR) is 90.4 cm³/mol. The second kappa shape index (κ2) is 6.80. The van der Waals surface area contributed by atoms with E-state index in [0.717, 1.165) is 12.1 Å². The van der Waals surface area contributed by atoms with E-state index >= 15 is 0 Å². The minimum absolute atomic E-state index is 0.202. The van der Waals surface area contributed by atoms with Crippen LogP contribution in [0.4, 0.5) is 5.69 Å². The number of carbonyl (C=O) groups excluding carboxylic acids is 1. The Kier molecular flexibility index (Phi) is 4.77. The lowest BCUT2D eigenvalue weighted by atomic mass is 10.00. The number of benzene rings is 1. The highest BCUT2D eigenvalue weighted by Gasteiger charge is 2.50. The number of anilines is 1. The molecule has 5 nitrogen and oxygen atoms in total. The molecule has 1 aliphatic rings. The summed E-state index contributed by atoms with van der Waals surface area (Å²) < 4.78 is 0. The second-order valence-corrected chi connectivity index (χ2v) is 6.68. The summed E-state index contributed by atoms with van der Waals surface area (Å²) >= 11 is 1.64. The topological polar surface area (TPSA) is 72.8 Å². The molecule has 1 aromatic heterocycles. The van der Waals surface area contributed by atoms with Gasteiger partial charge in [0.15, 0.2) is 5.60 Å². The minimum Gasteiger partial charge on any atom is -0.376 e. The number of hydrogen-bond donors (Lipinski definition) is 3. The number of nitrogens with zero attached hydrogens (tertiary/aromatic N) is 1. The van der Waals surface area contributed by atoms with Gasteiger partial charge in [0.05, 0.1) is 0 Å². The van der Waals surface area contributed by atoms with Gasteiger partial charge in [-0.15, -0.1) is 11.3 Å². The molecule has 3 N–H and O–H groups in total. The average Bonchev–Trinajstić information content (AvgIpc) is 3.18. The number of hydrogen-bond acceptors (Lipinski definition) is 5. The van der Waals surface area contributed by atoms with E-state index in [4.69, 9.17) is 0 Å². The quantitative estimate of drug-likeness (QED) is 0.699. The highest BCUT2D eigenvalue weighted by Crippen LogP contribution is 2.30. The Morgan fingerprint density at radius 3 is 2.74 bits per heavy atom. The monoisotopic (exact) mass is 332 g/mol. The summed E-state index contributed by atoms with van der Waals surface area (Å²) in [6, 6.07) is 13.2. The summed E-state index contributed by atoms with van der Waals surface area (Å²) in [7, 11) is 0. The molecule has 1 fully saturated rings. The first-order valence-corrected chi connectivity index (χ1v) is 8.52. The predicted octanol–water partition coefficient (Wildman–Crippen LogP) is 1.37. The van der Waals surface area contributed by atoms with Gasteiger partial charge < -0.3 is 15.1 Å². The summed E-state index contributed by atoms with van der Waals surface area (Å²) in [6.07, 6.45) is -0.321. The standard InChI is InChI=1S/C17H20N2O3S/c20-15(18-10-8-14-7-4-12-23-14)17(22)9-11-19(16(17)21)13-5-2-1-3-6-13/h1-7,12,15,18,20,22H,8-11H2. The van der Waals surface area contributed by atoms with E-state index in [1.54, 1.807) is 11.3 Å². The molecule has 0 aliphatic carbocycles. The Hall–Kier alpha value is -1.73. The third-order valence-corrected chi connectivity index (χ3v) is 5.08. The highest BCUT2D eigenvalue weighted by molar-refractivity contribution is 7.09. The van der Waals surface area contributed by atoms with E-state index in [1.807, 2.05) is 47.8 Å². The zero-order valence-corrected chi connectivity index (χ0v) is 13.5. The molecule has 0 spiro atoms. The first kappa shape index (κ1) is 16.1. The van der Waals surface area contributed by atoms with Crippen LogP contribution < -0.4 is 10.2 Å². The Morgan fingerprint density at radius 2 is 2.04 bits per heavy atom. The lowest BCUT2D eigenvalue weighted by molar-refractivity contribution is -0.147. The number of amides is 1. The largest absolute Gasteiger partial charge is 0.376 e. The molecule has 2 atom stereocenters. The van der Waals surface area contributed by atoms with Crippen LogP contribution in [-0.4, -0.2) is 41.0 Å². The van der Waals surface area contributed by atoms with E-state index < -0.39 is 17.7 Å². The second-order valence-electron chi connectivity index (χ2n) is 5.65. The van der Waals surface area contributed by atoms with Crippen molar-refractivity contribution in [3.05, 3.63) is 52.7 Å². The van der Waals surface area contributed by atoms with Crippen molar-refractivity contribution in [2.45, 2.75) is 24.7 Å². The van der Waals surface area contributed by atoms with Crippen LogP contribution in [0.25, 0.3) is 0 Å². The molecule has 122 valence electrons. The molecule has 6 heteroatoms. The Labute approximate surface area is 139 Å². The number of thiophene rings is 1. The molecule has 23 heavy (non-hydrogen) atoms. The van der Waals surface area contributed by atoms with Crippen molar-refractivity contribution in [2.24, 2.45) is 0 Å². The van der Waals surface area contributed by atoms with Crippen LogP contribution >= 0.6 is 11.3 Å². The maximum absolute atomic E-state index is 12.5. The summed E-state index contributed by atoms with van der Waals surface area (Å²) in [5, 5.41) is 25.8. The van der Waals surface area contributed by atoms with E-state index in [9.17, 15) is 15.0 Å². The SMILES string of the molecule is O=C1N(c2ccccc2)CCC1(O)C(O)NCCc1cccs1. The number of rotatable bonds is 6. The third kappa shape index (κ3) is 3.30. The van der Waals surface area contributed by atoms with Gasteiger partial charge in [0.1, 0.15) is 6.23 Å². The fourth-order valence-electron chi connectivity index (χ4n) is 2.79. The Bertz CT molecular complexity index is 647. The van der Waals surface area contributed by atoms with Gasteiger partial charge in [-0.3, -0.25) is 10.1 Å². The summed E-state index contributed by atoms with van der Waals surface area (Å²) in [5.74, 6) is -0.458. The normalized spacial score (nSPS) is 22.5. The Morgan fingerprint density at radius 1 is 1.26 bits per heavy atom. The lowest BCUT2D eigenvalue weighted by Gasteiger charge is -2.28. The van der Waals surface area contributed by atoms with E-state index in [-0.39, 0.29) is 6.42 Å². The van der Waals surface area contributed by atoms with Crippen molar-refractivity contribution in [2.75, 3.05) is 18.0 Å². The van der Waals surface area contributed by atoms with Crippen molar-refractivity contribution >= 4 is 22.9 Å². The Balaban J connectivity index is 1.61. The van der Waals surface area contributed by atoms with Gasteiger partial charge in [0.25, 0.3) is 5.91 Å². The maximum atomic E-state index is 12.5. The minimum atomic E-state index is -1.77. The van der Waals surface area contributed by atoms with Crippen molar-refractivity contribution in [3.8, 4) is 0 Å². The highest BCUT2D eigenvalue weighted by atomic mass is 32.1. The van der Waals surface area contributed by atoms with Gasteiger partial charge in [-0.25, -0.2) is 0 Å².